The molecule has 1 unspecified atom stereocenters. The van der Waals surface area contributed by atoms with Crippen molar-refractivity contribution in [2.45, 2.75) is 32.5 Å². The fraction of sp³-hybridized carbons (Fsp3) is 0.0980. The van der Waals surface area contributed by atoms with Crippen molar-refractivity contribution in [2.24, 2.45) is 0 Å². The summed E-state index contributed by atoms with van der Waals surface area (Å²) < 4.78 is 15.4. The second-order valence-electron chi connectivity index (χ2n) is 15.4. The Balaban J connectivity index is 1.15. The van der Waals surface area contributed by atoms with Gasteiger partial charge in [0, 0.05) is 45.0 Å². The van der Waals surface area contributed by atoms with E-state index in [1.54, 1.807) is 0 Å². The van der Waals surface area contributed by atoms with Crippen LogP contribution >= 0.6 is 0 Å². The van der Waals surface area contributed by atoms with Crippen molar-refractivity contribution >= 4 is 27.4 Å². The van der Waals surface area contributed by atoms with E-state index in [0.29, 0.717) is 6.61 Å². The van der Waals surface area contributed by atoms with Crippen LogP contribution in [-0.4, -0.2) is 10.2 Å². The van der Waals surface area contributed by atoms with Crippen LogP contribution in [0.5, 0.6) is 11.5 Å². The third kappa shape index (κ3) is 4.01. The second-order valence-corrected chi connectivity index (χ2v) is 15.4. The lowest BCUT2D eigenvalue weighted by Crippen LogP contribution is -2.29. The van der Waals surface area contributed by atoms with Gasteiger partial charge in [0.1, 0.15) is 23.7 Å². The van der Waals surface area contributed by atoms with Gasteiger partial charge >= 0.3 is 0 Å². The summed E-state index contributed by atoms with van der Waals surface area (Å²) >= 11 is 0. The van der Waals surface area contributed by atoms with E-state index in [-0.39, 0.29) is 5.60 Å². The molecule has 256 valence electrons. The van der Waals surface area contributed by atoms with E-state index in [0.717, 1.165) is 23.5 Å². The fourth-order valence-electron chi connectivity index (χ4n) is 9.74. The van der Waals surface area contributed by atoms with Crippen LogP contribution in [0.15, 0.2) is 152 Å². The molecular weight excluding hydrogens is 659 g/mol. The van der Waals surface area contributed by atoms with Crippen LogP contribution in [0, 0.1) is 6.92 Å². The number of para-hydroxylation sites is 2. The predicted molar refractivity (Wildman–Crippen MR) is 221 cm³/mol. The lowest BCUT2D eigenvalue weighted by atomic mass is 9.82. The van der Waals surface area contributed by atoms with E-state index in [2.05, 4.69) is 170 Å². The molecule has 0 fully saturated rings. The highest BCUT2D eigenvalue weighted by Crippen LogP contribution is 2.54. The summed E-state index contributed by atoms with van der Waals surface area (Å²) in [7, 11) is 0. The molecule has 3 heteroatoms. The molecule has 0 bridgehead atoms. The summed E-state index contributed by atoms with van der Waals surface area (Å²) in [5.74, 6) is 1.91. The van der Waals surface area contributed by atoms with Gasteiger partial charge in [-0.25, -0.2) is 0 Å². The molecule has 0 spiro atoms. The summed E-state index contributed by atoms with van der Waals surface area (Å²) in [5.41, 5.74) is 20.5. The van der Waals surface area contributed by atoms with E-state index >= 15 is 0 Å². The summed E-state index contributed by atoms with van der Waals surface area (Å²) in [5, 5.41) is 2.51. The Morgan fingerprint density at radius 1 is 0.593 bits per heavy atom. The van der Waals surface area contributed by atoms with Crippen LogP contribution in [0.3, 0.4) is 0 Å². The molecule has 12 rings (SSSR count). The Bertz CT molecular complexity index is 3030. The quantitative estimate of drug-likeness (QED) is 0.180. The van der Waals surface area contributed by atoms with Crippen LogP contribution in [-0.2, 0) is 6.61 Å². The third-order valence-electron chi connectivity index (χ3n) is 12.2. The molecule has 4 aliphatic rings. The molecule has 3 nitrogen and oxygen atoms in total. The van der Waals surface area contributed by atoms with Crippen LogP contribution in [0.1, 0.15) is 30.0 Å². The van der Waals surface area contributed by atoms with Gasteiger partial charge in [-0.1, -0.05) is 115 Å². The fourth-order valence-corrected chi connectivity index (χ4v) is 9.74. The van der Waals surface area contributed by atoms with Crippen LogP contribution < -0.4 is 9.47 Å². The van der Waals surface area contributed by atoms with Crippen molar-refractivity contribution in [3.8, 4) is 72.8 Å². The van der Waals surface area contributed by atoms with E-state index in [1.807, 2.05) is 0 Å². The number of aryl methyl sites for hydroxylation is 1. The number of allylic oxidation sites excluding steroid dienone is 2. The smallest absolute Gasteiger partial charge is 0.135 e. The second kappa shape index (κ2) is 10.7. The van der Waals surface area contributed by atoms with Gasteiger partial charge in [-0.3, -0.25) is 0 Å². The van der Waals surface area contributed by atoms with Crippen LogP contribution in [0.25, 0.3) is 88.7 Å². The zero-order valence-corrected chi connectivity index (χ0v) is 30.1. The van der Waals surface area contributed by atoms with E-state index in [4.69, 9.17) is 9.47 Å². The lowest BCUT2D eigenvalue weighted by Gasteiger charge is -2.26. The number of fused-ring (bicyclic) bond motifs is 14. The summed E-state index contributed by atoms with van der Waals surface area (Å²) in [6.07, 6.45) is 7.51. The minimum absolute atomic E-state index is 0.352. The maximum Gasteiger partial charge on any atom is 0.135 e. The average molecular weight is 694 g/mol. The minimum Gasteiger partial charge on any atom is -0.488 e. The van der Waals surface area contributed by atoms with Crippen molar-refractivity contribution in [1.82, 2.24) is 4.57 Å². The molecule has 1 atom stereocenters. The van der Waals surface area contributed by atoms with Gasteiger partial charge in [-0.15, -0.1) is 0 Å². The molecular formula is C51H35NO2. The van der Waals surface area contributed by atoms with Crippen molar-refractivity contribution in [3.63, 3.8) is 0 Å². The number of rotatable bonds is 2. The first kappa shape index (κ1) is 29.9. The Hall–Kier alpha value is -6.58. The van der Waals surface area contributed by atoms with E-state index < -0.39 is 0 Å². The van der Waals surface area contributed by atoms with Gasteiger partial charge in [0.2, 0.25) is 0 Å². The highest BCUT2D eigenvalue weighted by molar-refractivity contribution is 6.18. The van der Waals surface area contributed by atoms with Gasteiger partial charge < -0.3 is 14.0 Å². The van der Waals surface area contributed by atoms with Crippen LogP contribution in [0.2, 0.25) is 0 Å². The standard InChI is InChI=1S/C51H35NO2/c1-30-20-22-36-39(25-30)42-28-33(35-15-10-19-47-49(35)43-16-7-8-24-51(43,2)54-47)27-41-37-12-3-5-17-44(37)52(50(41)42)45-23-21-31(26-40(36)45)34-14-9-11-32-29-53-46-18-6-4-13-38(46)48(32)34/h3-23,25-28H,24,29H2,1-2H3. The predicted octanol–water partition coefficient (Wildman–Crippen LogP) is 13.1. The molecule has 1 aliphatic carbocycles. The summed E-state index contributed by atoms with van der Waals surface area (Å²) in [4.78, 5) is 0. The number of hydrogen-bond acceptors (Lipinski definition) is 2. The highest BCUT2D eigenvalue weighted by atomic mass is 16.5. The number of nitrogens with zero attached hydrogens (tertiary/aromatic N) is 1. The maximum atomic E-state index is 6.70. The first-order valence-corrected chi connectivity index (χ1v) is 18.9. The number of aromatic nitrogens is 1. The average Bonchev–Trinajstić information content (AvgIpc) is 3.67. The molecule has 4 heterocycles. The van der Waals surface area contributed by atoms with Gasteiger partial charge in [-0.05, 0) is 101 Å². The number of hydrogen-bond donors (Lipinski definition) is 0. The zero-order chi connectivity index (χ0) is 35.7. The van der Waals surface area contributed by atoms with Crippen molar-refractivity contribution in [1.29, 1.82) is 0 Å². The minimum atomic E-state index is -0.352. The van der Waals surface area contributed by atoms with Gasteiger partial charge in [-0.2, -0.15) is 0 Å². The SMILES string of the molecule is Cc1ccc2c(c1)-c1cc(-c3cccc4c3C3=CC=CCC3(C)O4)cc3c4ccccc4n(c13)-c1ccc(-c3cccc4c3-c3ccccc3OC4)cc1-2. The van der Waals surface area contributed by atoms with Crippen molar-refractivity contribution in [2.75, 3.05) is 0 Å². The topological polar surface area (TPSA) is 23.4 Å². The molecule has 0 radical (unpaired) electrons. The van der Waals surface area contributed by atoms with E-state index in [1.165, 1.54) is 99.8 Å². The highest BCUT2D eigenvalue weighted by Gasteiger charge is 2.41. The number of benzene rings is 7. The molecule has 54 heavy (non-hydrogen) atoms. The zero-order valence-electron chi connectivity index (χ0n) is 30.1. The first-order valence-electron chi connectivity index (χ1n) is 18.9. The molecule has 1 aromatic heterocycles. The summed E-state index contributed by atoms with van der Waals surface area (Å²) in [6.45, 7) is 5.00. The van der Waals surface area contributed by atoms with Gasteiger partial charge in [0.25, 0.3) is 0 Å². The Morgan fingerprint density at radius 3 is 2.33 bits per heavy atom. The normalized spacial score (nSPS) is 17.0. The third-order valence-corrected chi connectivity index (χ3v) is 12.2. The van der Waals surface area contributed by atoms with Gasteiger partial charge in [0.15, 0.2) is 0 Å². The molecule has 8 aromatic rings. The van der Waals surface area contributed by atoms with Crippen molar-refractivity contribution < 1.29 is 9.47 Å². The Morgan fingerprint density at radius 2 is 1.39 bits per heavy atom. The molecule has 0 amide bonds. The molecule has 7 aromatic carbocycles. The monoisotopic (exact) mass is 693 g/mol. The van der Waals surface area contributed by atoms with Crippen LogP contribution in [0.4, 0.5) is 0 Å². The lowest BCUT2D eigenvalue weighted by molar-refractivity contribution is 0.170. The first-order chi connectivity index (χ1) is 26.5. The Kier molecular flexibility index (Phi) is 5.96. The van der Waals surface area contributed by atoms with Crippen molar-refractivity contribution in [3.05, 3.63) is 168 Å². The molecule has 0 saturated heterocycles. The Labute approximate surface area is 314 Å². The van der Waals surface area contributed by atoms with E-state index in [9.17, 15) is 0 Å². The largest absolute Gasteiger partial charge is 0.488 e. The van der Waals surface area contributed by atoms with Gasteiger partial charge in [0.05, 0.1) is 16.7 Å². The molecule has 3 aliphatic heterocycles. The maximum absolute atomic E-state index is 6.70. The summed E-state index contributed by atoms with van der Waals surface area (Å²) in [6, 6.07) is 49.5. The molecule has 0 saturated carbocycles. The molecule has 0 N–H and O–H groups in total. The number of ether oxygens (including phenoxy) is 2.